The predicted molar refractivity (Wildman–Crippen MR) is 91.3 cm³/mol. The zero-order chi connectivity index (χ0) is 17.8. The van der Waals surface area contributed by atoms with Crippen LogP contribution in [-0.2, 0) is 0 Å². The number of carbonyl (C=O) groups is 1. The molecule has 25 heavy (non-hydrogen) atoms. The molecule has 1 atom stereocenters. The molecule has 0 aliphatic carbocycles. The second-order valence-electron chi connectivity index (χ2n) is 5.34. The molecule has 8 heteroatoms. The average Bonchev–Trinajstić information content (AvgIpc) is 2.63. The number of aromatic nitrogens is 4. The van der Waals surface area contributed by atoms with Gasteiger partial charge in [0.15, 0.2) is 0 Å². The number of anilines is 1. The van der Waals surface area contributed by atoms with Crippen molar-refractivity contribution >= 4 is 11.9 Å². The van der Waals surface area contributed by atoms with Crippen molar-refractivity contribution in [3.63, 3.8) is 0 Å². The van der Waals surface area contributed by atoms with Crippen molar-refractivity contribution in [3.05, 3.63) is 70.1 Å². The molecule has 0 amide bonds. The summed E-state index contributed by atoms with van der Waals surface area (Å²) in [6.45, 7) is 1.98. The van der Waals surface area contributed by atoms with Crippen LogP contribution in [0.3, 0.4) is 0 Å². The predicted octanol–water partition coefficient (Wildman–Crippen LogP) is 2.10. The van der Waals surface area contributed by atoms with Gasteiger partial charge in [-0.1, -0.05) is 30.3 Å². The average molecular weight is 337 g/mol. The second-order valence-corrected chi connectivity index (χ2v) is 5.34. The lowest BCUT2D eigenvalue weighted by Gasteiger charge is -2.14. The first-order valence-corrected chi connectivity index (χ1v) is 7.52. The Kier molecular flexibility index (Phi) is 4.51. The Morgan fingerprint density at radius 3 is 2.68 bits per heavy atom. The van der Waals surface area contributed by atoms with Crippen LogP contribution in [0.4, 0.5) is 5.95 Å². The van der Waals surface area contributed by atoms with E-state index in [1.54, 1.807) is 6.07 Å². The van der Waals surface area contributed by atoms with Crippen molar-refractivity contribution in [2.75, 3.05) is 5.32 Å². The Balaban J connectivity index is 1.88. The van der Waals surface area contributed by atoms with Crippen LogP contribution in [-0.4, -0.2) is 31.2 Å². The number of carboxylic acids is 1. The largest absolute Gasteiger partial charge is 0.477 e. The zero-order valence-corrected chi connectivity index (χ0v) is 13.3. The van der Waals surface area contributed by atoms with Crippen molar-refractivity contribution in [1.29, 1.82) is 0 Å². The van der Waals surface area contributed by atoms with E-state index in [-0.39, 0.29) is 11.7 Å². The van der Waals surface area contributed by atoms with Gasteiger partial charge in [-0.05, 0) is 24.6 Å². The first-order valence-electron chi connectivity index (χ1n) is 7.52. The van der Waals surface area contributed by atoms with Gasteiger partial charge < -0.3 is 10.4 Å². The van der Waals surface area contributed by atoms with Gasteiger partial charge in [-0.2, -0.15) is 5.10 Å². The van der Waals surface area contributed by atoms with Crippen molar-refractivity contribution < 1.29 is 9.90 Å². The van der Waals surface area contributed by atoms with E-state index in [0.717, 1.165) is 5.56 Å². The van der Waals surface area contributed by atoms with E-state index in [1.165, 1.54) is 12.3 Å². The number of hydrogen-bond donors (Lipinski definition) is 3. The smallest absolute Gasteiger partial charge is 0.341 e. The lowest BCUT2D eigenvalue weighted by Crippen LogP contribution is -2.19. The van der Waals surface area contributed by atoms with E-state index in [4.69, 9.17) is 5.11 Å². The fraction of sp³-hybridized carbons (Fsp3) is 0.118. The first-order chi connectivity index (χ1) is 12.0. The lowest BCUT2D eigenvalue weighted by atomic mass is 10.1. The molecule has 0 saturated heterocycles. The summed E-state index contributed by atoms with van der Waals surface area (Å²) in [5, 5.41) is 18.2. The van der Waals surface area contributed by atoms with Crippen LogP contribution in [0.5, 0.6) is 0 Å². The lowest BCUT2D eigenvalue weighted by molar-refractivity contribution is 0.0694. The molecule has 3 N–H and O–H groups in total. The molecule has 0 fully saturated rings. The summed E-state index contributed by atoms with van der Waals surface area (Å²) in [5.41, 5.74) is 0.565. The number of rotatable bonds is 5. The third-order valence-electron chi connectivity index (χ3n) is 3.60. The van der Waals surface area contributed by atoms with Gasteiger partial charge in [0, 0.05) is 6.20 Å². The van der Waals surface area contributed by atoms with E-state index in [2.05, 4.69) is 25.5 Å². The second kappa shape index (κ2) is 6.91. The minimum absolute atomic E-state index is 0.0189. The normalized spacial score (nSPS) is 11.7. The quantitative estimate of drug-likeness (QED) is 0.652. The molecule has 2 heterocycles. The molecule has 3 rings (SSSR count). The Hall–Kier alpha value is -3.55. The van der Waals surface area contributed by atoms with Crippen LogP contribution < -0.4 is 10.9 Å². The van der Waals surface area contributed by atoms with Gasteiger partial charge in [0.2, 0.25) is 5.95 Å². The first kappa shape index (κ1) is 16.3. The molecule has 126 valence electrons. The third-order valence-corrected chi connectivity index (χ3v) is 3.60. The van der Waals surface area contributed by atoms with Crippen LogP contribution in [0.2, 0.25) is 0 Å². The van der Waals surface area contributed by atoms with Gasteiger partial charge in [-0.25, -0.2) is 19.9 Å². The van der Waals surface area contributed by atoms with Gasteiger partial charge >= 0.3 is 5.97 Å². The number of carboxylic acid groups (broad SMARTS) is 1. The van der Waals surface area contributed by atoms with E-state index in [9.17, 15) is 9.59 Å². The number of hydrogen-bond acceptors (Lipinski definition) is 6. The fourth-order valence-corrected chi connectivity index (χ4v) is 2.29. The molecular formula is C17H15N5O3. The highest BCUT2D eigenvalue weighted by Crippen LogP contribution is 2.19. The van der Waals surface area contributed by atoms with Crippen LogP contribution in [0.15, 0.2) is 53.5 Å². The minimum atomic E-state index is -1.32. The van der Waals surface area contributed by atoms with E-state index >= 15 is 0 Å². The molecule has 3 aromatic rings. The SMILES string of the molecule is CC(Nc1nccc(-c2cc(C(=O)O)c(=O)[nH]n2)n1)c1ccccc1. The summed E-state index contributed by atoms with van der Waals surface area (Å²) in [6, 6.07) is 12.6. The monoisotopic (exact) mass is 337 g/mol. The Bertz CT molecular complexity index is 956. The molecule has 8 nitrogen and oxygen atoms in total. The van der Waals surface area contributed by atoms with Gasteiger partial charge in [-0.3, -0.25) is 4.79 Å². The molecular weight excluding hydrogens is 322 g/mol. The van der Waals surface area contributed by atoms with Crippen molar-refractivity contribution in [2.45, 2.75) is 13.0 Å². The molecule has 1 unspecified atom stereocenters. The van der Waals surface area contributed by atoms with E-state index in [1.807, 2.05) is 37.3 Å². The molecule has 0 bridgehead atoms. The summed E-state index contributed by atoms with van der Waals surface area (Å²) in [7, 11) is 0. The maximum Gasteiger partial charge on any atom is 0.341 e. The minimum Gasteiger partial charge on any atom is -0.477 e. The topological polar surface area (TPSA) is 121 Å². The zero-order valence-electron chi connectivity index (χ0n) is 13.3. The third kappa shape index (κ3) is 3.69. The van der Waals surface area contributed by atoms with Gasteiger partial charge in [0.1, 0.15) is 11.3 Å². The summed E-state index contributed by atoms with van der Waals surface area (Å²) >= 11 is 0. The summed E-state index contributed by atoms with van der Waals surface area (Å²) in [5.74, 6) is -0.950. The molecule has 0 spiro atoms. The number of aromatic amines is 1. The van der Waals surface area contributed by atoms with E-state index < -0.39 is 17.1 Å². The molecule has 0 saturated carbocycles. The molecule has 2 aromatic heterocycles. The van der Waals surface area contributed by atoms with Crippen LogP contribution in [0.1, 0.15) is 28.9 Å². The molecule has 0 aliphatic rings. The number of nitrogens with one attached hydrogen (secondary N) is 2. The number of nitrogens with zero attached hydrogens (tertiary/aromatic N) is 3. The van der Waals surface area contributed by atoms with Crippen LogP contribution >= 0.6 is 0 Å². The highest BCUT2D eigenvalue weighted by Gasteiger charge is 2.13. The Labute approximate surface area is 142 Å². The van der Waals surface area contributed by atoms with Gasteiger partial charge in [0.25, 0.3) is 5.56 Å². The van der Waals surface area contributed by atoms with Crippen molar-refractivity contribution in [1.82, 2.24) is 20.2 Å². The summed E-state index contributed by atoms with van der Waals surface area (Å²) < 4.78 is 0. The van der Waals surface area contributed by atoms with Gasteiger partial charge in [-0.15, -0.1) is 0 Å². The van der Waals surface area contributed by atoms with Crippen molar-refractivity contribution in [3.8, 4) is 11.4 Å². The van der Waals surface area contributed by atoms with Crippen molar-refractivity contribution in [2.24, 2.45) is 0 Å². The summed E-state index contributed by atoms with van der Waals surface area (Å²) in [6.07, 6.45) is 1.54. The number of H-pyrrole nitrogens is 1. The summed E-state index contributed by atoms with van der Waals surface area (Å²) in [4.78, 5) is 31.1. The number of benzene rings is 1. The molecule has 0 radical (unpaired) electrons. The number of aromatic carboxylic acids is 1. The van der Waals surface area contributed by atoms with E-state index in [0.29, 0.717) is 11.6 Å². The maximum atomic E-state index is 11.5. The molecule has 0 aliphatic heterocycles. The van der Waals surface area contributed by atoms with Crippen LogP contribution in [0.25, 0.3) is 11.4 Å². The molecule has 1 aromatic carbocycles. The Morgan fingerprint density at radius 1 is 1.20 bits per heavy atom. The van der Waals surface area contributed by atoms with Gasteiger partial charge in [0.05, 0.1) is 11.7 Å². The maximum absolute atomic E-state index is 11.5. The highest BCUT2D eigenvalue weighted by atomic mass is 16.4. The standard InChI is InChI=1S/C17H15N5O3/c1-10(11-5-3-2-4-6-11)19-17-18-8-7-13(20-17)14-9-12(16(24)25)15(23)22-21-14/h2-10H,1H3,(H,22,23)(H,24,25)(H,18,19,20). The fourth-order valence-electron chi connectivity index (χ4n) is 2.29. The van der Waals surface area contributed by atoms with Crippen LogP contribution in [0, 0.1) is 0 Å². The highest BCUT2D eigenvalue weighted by molar-refractivity contribution is 5.88. The Morgan fingerprint density at radius 2 is 1.96 bits per heavy atom.